The van der Waals surface area contributed by atoms with Crippen LogP contribution >= 0.6 is 12.2 Å². The van der Waals surface area contributed by atoms with Crippen LogP contribution < -0.4 is 5.32 Å². The minimum atomic E-state index is -0.258. The minimum Gasteiger partial charge on any atom is -0.393 e. The number of hydrogen-bond donors (Lipinski definition) is 2. The van der Waals surface area contributed by atoms with Crippen LogP contribution in [0.25, 0.3) is 0 Å². The number of unbranched alkanes of at least 4 members (excludes halogenated alkanes) is 7. The van der Waals surface area contributed by atoms with Gasteiger partial charge in [-0.3, -0.25) is 0 Å². The summed E-state index contributed by atoms with van der Waals surface area (Å²) in [5.41, 5.74) is 0. The van der Waals surface area contributed by atoms with E-state index in [-0.39, 0.29) is 6.10 Å². The molecule has 0 aliphatic carbocycles. The molecule has 0 amide bonds. The Balaban J connectivity index is 3.18. The Kier molecular flexibility index (Phi) is 13.7. The highest BCUT2D eigenvalue weighted by molar-refractivity contribution is 7.80. The van der Waals surface area contributed by atoms with E-state index in [4.69, 9.17) is 12.2 Å². The maximum atomic E-state index is 9.77. The second kappa shape index (κ2) is 13.8. The number of aliphatic hydroxyl groups is 1. The highest BCUT2D eigenvalue weighted by Crippen LogP contribution is 2.14. The predicted molar refractivity (Wildman–Crippen MR) is 93.3 cm³/mol. The quantitative estimate of drug-likeness (QED) is 0.377. The first-order valence-electron chi connectivity index (χ1n) is 8.45. The summed E-state index contributed by atoms with van der Waals surface area (Å²) in [6, 6.07) is 0. The topological polar surface area (TPSA) is 32.3 Å². The summed E-state index contributed by atoms with van der Waals surface area (Å²) in [5, 5.41) is 12.7. The Bertz CT molecular complexity index is 231. The molecule has 0 aliphatic rings. The molecule has 0 aromatic carbocycles. The summed E-state index contributed by atoms with van der Waals surface area (Å²) in [6.07, 6.45) is 13.2. The van der Waals surface area contributed by atoms with Gasteiger partial charge in [-0.15, -0.1) is 0 Å². The third kappa shape index (κ3) is 14.3. The van der Waals surface area contributed by atoms with Crippen molar-refractivity contribution in [3.05, 3.63) is 0 Å². The van der Waals surface area contributed by atoms with Crippen LogP contribution in [0.4, 0.5) is 0 Å². The van der Waals surface area contributed by atoms with Gasteiger partial charge in [0.2, 0.25) is 0 Å². The van der Waals surface area contributed by atoms with E-state index in [1.807, 2.05) is 7.05 Å². The van der Waals surface area contributed by atoms with Crippen molar-refractivity contribution in [2.45, 2.75) is 90.6 Å². The molecule has 0 saturated carbocycles. The van der Waals surface area contributed by atoms with Crippen molar-refractivity contribution in [2.24, 2.45) is 5.92 Å². The van der Waals surface area contributed by atoms with E-state index < -0.39 is 0 Å². The summed E-state index contributed by atoms with van der Waals surface area (Å²) >= 11 is 5.05. The Labute approximate surface area is 131 Å². The fraction of sp³-hybridized carbons (Fsp3) is 0.941. The van der Waals surface area contributed by atoms with Crippen LogP contribution in [0.3, 0.4) is 0 Å². The molecule has 0 rings (SSSR count). The average molecular weight is 302 g/mol. The smallest absolute Gasteiger partial charge is 0.0776 e. The van der Waals surface area contributed by atoms with Crippen LogP contribution in [-0.2, 0) is 0 Å². The van der Waals surface area contributed by atoms with E-state index in [0.29, 0.717) is 6.42 Å². The van der Waals surface area contributed by atoms with Crippen LogP contribution in [-0.4, -0.2) is 23.2 Å². The molecule has 2 N–H and O–H groups in total. The lowest BCUT2D eigenvalue weighted by Crippen LogP contribution is -2.21. The van der Waals surface area contributed by atoms with Gasteiger partial charge in [0.15, 0.2) is 0 Å². The number of nitrogens with one attached hydrogen (secondary N) is 1. The number of rotatable bonds is 13. The molecule has 0 fully saturated rings. The van der Waals surface area contributed by atoms with Gasteiger partial charge in [-0.25, -0.2) is 0 Å². The summed E-state index contributed by atoms with van der Waals surface area (Å²) in [6.45, 7) is 4.61. The molecule has 1 atom stereocenters. The second-order valence-corrected chi connectivity index (χ2v) is 6.82. The number of hydrogen-bond acceptors (Lipinski definition) is 2. The van der Waals surface area contributed by atoms with Gasteiger partial charge in [0, 0.05) is 13.5 Å². The fourth-order valence-electron chi connectivity index (χ4n) is 2.41. The molecule has 0 spiro atoms. The van der Waals surface area contributed by atoms with Gasteiger partial charge < -0.3 is 10.4 Å². The molecular weight excluding hydrogens is 266 g/mol. The lowest BCUT2D eigenvalue weighted by atomic mass is 10.0. The summed E-state index contributed by atoms with van der Waals surface area (Å²) in [7, 11) is 1.82. The average Bonchev–Trinajstić information content (AvgIpc) is 2.40. The Morgan fingerprint density at radius 2 is 1.35 bits per heavy atom. The minimum absolute atomic E-state index is 0.258. The van der Waals surface area contributed by atoms with Crippen molar-refractivity contribution in [2.75, 3.05) is 7.05 Å². The van der Waals surface area contributed by atoms with Crippen LogP contribution in [0, 0.1) is 5.92 Å². The molecule has 0 saturated heterocycles. The van der Waals surface area contributed by atoms with E-state index in [0.717, 1.165) is 23.7 Å². The van der Waals surface area contributed by atoms with Crippen LogP contribution in [0.1, 0.15) is 84.5 Å². The van der Waals surface area contributed by atoms with E-state index in [9.17, 15) is 5.11 Å². The van der Waals surface area contributed by atoms with E-state index in [1.54, 1.807) is 0 Å². The zero-order chi connectivity index (χ0) is 15.2. The van der Waals surface area contributed by atoms with Gasteiger partial charge in [0.1, 0.15) is 0 Å². The lowest BCUT2D eigenvalue weighted by Gasteiger charge is -2.10. The van der Waals surface area contributed by atoms with Gasteiger partial charge >= 0.3 is 0 Å². The second-order valence-electron chi connectivity index (χ2n) is 6.33. The van der Waals surface area contributed by atoms with Gasteiger partial charge in [0.25, 0.3) is 0 Å². The van der Waals surface area contributed by atoms with Gasteiger partial charge in [-0.05, 0) is 12.3 Å². The van der Waals surface area contributed by atoms with Crippen molar-refractivity contribution in [1.82, 2.24) is 5.32 Å². The monoisotopic (exact) mass is 301 g/mol. The molecule has 0 aliphatic heterocycles. The van der Waals surface area contributed by atoms with Crippen molar-refractivity contribution in [3.63, 3.8) is 0 Å². The van der Waals surface area contributed by atoms with Gasteiger partial charge in [-0.1, -0.05) is 83.9 Å². The summed E-state index contributed by atoms with van der Waals surface area (Å²) in [5.74, 6) is 0.859. The third-order valence-electron chi connectivity index (χ3n) is 3.77. The zero-order valence-electron chi connectivity index (χ0n) is 13.8. The molecule has 20 heavy (non-hydrogen) atoms. The normalized spacial score (nSPS) is 12.7. The summed E-state index contributed by atoms with van der Waals surface area (Å²) in [4.78, 5) is 0.763. The SMILES string of the molecule is CNC(=S)C[C@@H](O)CCCCCCCCCCC(C)C. The first-order valence-corrected chi connectivity index (χ1v) is 8.85. The molecule has 2 nitrogen and oxygen atoms in total. The van der Waals surface area contributed by atoms with E-state index in [2.05, 4.69) is 19.2 Å². The molecule has 120 valence electrons. The third-order valence-corrected chi connectivity index (χ3v) is 4.14. The lowest BCUT2D eigenvalue weighted by molar-refractivity contribution is 0.168. The molecular formula is C17H35NOS. The zero-order valence-corrected chi connectivity index (χ0v) is 14.6. The predicted octanol–water partition coefficient (Wildman–Crippen LogP) is 4.84. The van der Waals surface area contributed by atoms with Crippen molar-refractivity contribution in [1.29, 1.82) is 0 Å². The molecule has 0 aromatic rings. The summed E-state index contributed by atoms with van der Waals surface area (Å²) < 4.78 is 0. The molecule has 3 heteroatoms. The number of thiocarbonyl (C=S) groups is 1. The standard InChI is InChI=1S/C17H35NOS/c1-15(2)12-10-8-6-4-5-7-9-11-13-16(19)14-17(20)18-3/h15-16,19H,4-14H2,1-3H3,(H,18,20)/t16-/m0/s1. The molecule has 0 radical (unpaired) electrons. The van der Waals surface area contributed by atoms with Gasteiger partial charge in [0.05, 0.1) is 11.1 Å². The highest BCUT2D eigenvalue weighted by atomic mass is 32.1. The maximum absolute atomic E-state index is 9.77. The first-order chi connectivity index (χ1) is 9.56. The Morgan fingerprint density at radius 1 is 0.900 bits per heavy atom. The van der Waals surface area contributed by atoms with Gasteiger partial charge in [-0.2, -0.15) is 0 Å². The van der Waals surface area contributed by atoms with Crippen molar-refractivity contribution >= 4 is 17.2 Å². The van der Waals surface area contributed by atoms with E-state index >= 15 is 0 Å². The highest BCUT2D eigenvalue weighted by Gasteiger charge is 2.06. The molecule has 0 aromatic heterocycles. The Hall–Kier alpha value is -0.150. The largest absolute Gasteiger partial charge is 0.393 e. The van der Waals surface area contributed by atoms with Crippen molar-refractivity contribution < 1.29 is 5.11 Å². The Morgan fingerprint density at radius 3 is 1.80 bits per heavy atom. The van der Waals surface area contributed by atoms with E-state index in [1.165, 1.54) is 51.4 Å². The first kappa shape index (κ1) is 19.9. The maximum Gasteiger partial charge on any atom is 0.0776 e. The van der Waals surface area contributed by atoms with Crippen LogP contribution in [0.15, 0.2) is 0 Å². The fourth-order valence-corrected chi connectivity index (χ4v) is 2.60. The molecule has 0 heterocycles. The van der Waals surface area contributed by atoms with Crippen LogP contribution in [0.2, 0.25) is 0 Å². The van der Waals surface area contributed by atoms with Crippen LogP contribution in [0.5, 0.6) is 0 Å². The van der Waals surface area contributed by atoms with Crippen molar-refractivity contribution in [3.8, 4) is 0 Å². The number of aliphatic hydroxyl groups excluding tert-OH is 1. The molecule has 0 unspecified atom stereocenters. The molecule has 0 bridgehead atoms.